The van der Waals surface area contributed by atoms with Crippen LogP contribution in [-0.2, 0) is 4.74 Å². The van der Waals surface area contributed by atoms with E-state index in [4.69, 9.17) is 4.74 Å². The Hall–Kier alpha value is -3.68. The quantitative estimate of drug-likeness (QED) is 0.615. The molecule has 0 N–H and O–H groups in total. The van der Waals surface area contributed by atoms with Gasteiger partial charge in [-0.3, -0.25) is 9.78 Å². The number of hydrogen-bond donors (Lipinski definition) is 0. The van der Waals surface area contributed by atoms with Gasteiger partial charge >= 0.3 is 0 Å². The summed E-state index contributed by atoms with van der Waals surface area (Å²) in [6.45, 7) is 0.429. The van der Waals surface area contributed by atoms with Crippen LogP contribution < -0.4 is 4.90 Å². The number of aromatic nitrogens is 2. The number of ether oxygens (including phenoxy) is 1. The van der Waals surface area contributed by atoms with Gasteiger partial charge in [0.15, 0.2) is 5.88 Å². The molecule has 1 aliphatic heterocycles. The molecule has 0 spiro atoms. The van der Waals surface area contributed by atoms with Crippen LogP contribution in [0.5, 0.6) is 0 Å². The number of halogens is 3. The van der Waals surface area contributed by atoms with Crippen LogP contribution in [0.1, 0.15) is 23.3 Å². The van der Waals surface area contributed by atoms with E-state index in [1.807, 2.05) is 0 Å². The molecule has 2 aromatic heterocycles. The summed E-state index contributed by atoms with van der Waals surface area (Å²) < 4.78 is 48.4. The normalized spacial score (nSPS) is 13.4. The van der Waals surface area contributed by atoms with Gasteiger partial charge < -0.3 is 4.74 Å². The molecule has 0 saturated carbocycles. The Morgan fingerprint density at radius 2 is 1.80 bits per heavy atom. The topological polar surface area (TPSA) is 55.3 Å². The van der Waals surface area contributed by atoms with Gasteiger partial charge in [0.05, 0.1) is 24.1 Å². The fourth-order valence-electron chi connectivity index (χ4n) is 3.11. The van der Waals surface area contributed by atoms with Gasteiger partial charge in [0.25, 0.3) is 5.91 Å². The Labute approximate surface area is 170 Å². The summed E-state index contributed by atoms with van der Waals surface area (Å²) >= 11 is 0. The summed E-state index contributed by atoms with van der Waals surface area (Å²) in [5.74, 6) is -3.25. The number of carbonyl (C=O) groups excluding carboxylic acids is 1. The molecule has 1 amide bonds. The lowest BCUT2D eigenvalue weighted by Crippen LogP contribution is -2.33. The van der Waals surface area contributed by atoms with E-state index in [-0.39, 0.29) is 5.69 Å². The minimum atomic E-state index is -0.978. The maximum absolute atomic E-state index is 14.4. The number of pyridine rings is 2. The first-order valence-electron chi connectivity index (χ1n) is 9.24. The van der Waals surface area contributed by atoms with Crippen molar-refractivity contribution in [1.29, 1.82) is 0 Å². The molecule has 0 saturated heterocycles. The Morgan fingerprint density at radius 1 is 1.00 bits per heavy atom. The van der Waals surface area contributed by atoms with Gasteiger partial charge in [0.1, 0.15) is 28.8 Å². The molecular formula is C22H16F3N3O2. The highest BCUT2D eigenvalue weighted by atomic mass is 19.1. The van der Waals surface area contributed by atoms with Crippen molar-refractivity contribution in [2.75, 3.05) is 11.5 Å². The number of anilines is 1. The second-order valence-corrected chi connectivity index (χ2v) is 6.51. The molecule has 1 aromatic carbocycles. The number of allylic oxidation sites excluding steroid dienone is 1. The molecule has 0 unspecified atom stereocenters. The molecule has 152 valence electrons. The van der Waals surface area contributed by atoms with Crippen LogP contribution in [0.3, 0.4) is 0 Å². The summed E-state index contributed by atoms with van der Waals surface area (Å²) in [4.78, 5) is 22.6. The van der Waals surface area contributed by atoms with Crippen LogP contribution in [0.25, 0.3) is 11.3 Å². The van der Waals surface area contributed by atoms with Gasteiger partial charge in [-0.1, -0.05) is 6.07 Å². The zero-order valence-electron chi connectivity index (χ0n) is 15.7. The van der Waals surface area contributed by atoms with Crippen LogP contribution in [0.4, 0.5) is 18.9 Å². The Bertz CT molecular complexity index is 1100. The molecule has 1 aliphatic rings. The molecule has 0 fully saturated rings. The summed E-state index contributed by atoms with van der Waals surface area (Å²) in [6.07, 6.45) is 6.30. The standard InChI is InChI=1S/C22H16F3N3O2/c23-15-6-3-7-16(24)20(15)21-17(25)9-10-18(27-21)22(29)28(14-5-4-11-26-13-14)19-8-1-2-12-30-19/h3-11,13H,1-2,12H2. The predicted octanol–water partition coefficient (Wildman–Crippen LogP) is 4.86. The highest BCUT2D eigenvalue weighted by molar-refractivity contribution is 6.06. The first-order chi connectivity index (χ1) is 14.6. The molecule has 30 heavy (non-hydrogen) atoms. The highest BCUT2D eigenvalue weighted by Gasteiger charge is 2.27. The SMILES string of the molecule is O=C(c1ccc(F)c(-c2c(F)cccc2F)n1)N(C1=CCCCO1)c1cccnc1. The zero-order valence-corrected chi connectivity index (χ0v) is 15.7. The summed E-state index contributed by atoms with van der Waals surface area (Å²) in [7, 11) is 0. The third kappa shape index (κ3) is 3.76. The van der Waals surface area contributed by atoms with E-state index in [0.717, 1.165) is 36.8 Å². The van der Waals surface area contributed by atoms with Crippen molar-refractivity contribution >= 4 is 11.6 Å². The van der Waals surface area contributed by atoms with Crippen LogP contribution in [0.15, 0.2) is 66.8 Å². The fraction of sp³-hybridized carbons (Fsp3) is 0.136. The lowest BCUT2D eigenvalue weighted by Gasteiger charge is -2.27. The molecule has 3 aromatic rings. The number of carbonyl (C=O) groups is 1. The molecule has 8 heteroatoms. The number of hydrogen-bond acceptors (Lipinski definition) is 4. The predicted molar refractivity (Wildman–Crippen MR) is 104 cm³/mol. The van der Waals surface area contributed by atoms with Crippen molar-refractivity contribution in [3.05, 3.63) is 90.0 Å². The third-order valence-corrected chi connectivity index (χ3v) is 4.51. The summed E-state index contributed by atoms with van der Waals surface area (Å²) in [6, 6.07) is 8.58. The van der Waals surface area contributed by atoms with Gasteiger partial charge in [-0.05, 0) is 55.3 Å². The molecule has 0 aliphatic carbocycles. The number of benzene rings is 1. The maximum atomic E-state index is 14.4. The molecule has 3 heterocycles. The molecule has 5 nitrogen and oxygen atoms in total. The van der Waals surface area contributed by atoms with Gasteiger partial charge in [-0.2, -0.15) is 0 Å². The van der Waals surface area contributed by atoms with E-state index in [2.05, 4.69) is 9.97 Å². The molecule has 0 atom stereocenters. The van der Waals surface area contributed by atoms with E-state index in [1.54, 1.807) is 24.4 Å². The van der Waals surface area contributed by atoms with E-state index in [1.165, 1.54) is 11.1 Å². The van der Waals surface area contributed by atoms with Crippen molar-refractivity contribution in [3.8, 4) is 11.3 Å². The average molecular weight is 411 g/mol. The van der Waals surface area contributed by atoms with Gasteiger partial charge in [0, 0.05) is 6.20 Å². The van der Waals surface area contributed by atoms with Crippen LogP contribution in [0.2, 0.25) is 0 Å². The van der Waals surface area contributed by atoms with Gasteiger partial charge in [-0.15, -0.1) is 0 Å². The van der Waals surface area contributed by atoms with Crippen molar-refractivity contribution in [2.24, 2.45) is 0 Å². The maximum Gasteiger partial charge on any atom is 0.283 e. The Balaban J connectivity index is 1.80. The number of nitrogens with zero attached hydrogens (tertiary/aromatic N) is 3. The second kappa shape index (κ2) is 8.36. The van der Waals surface area contributed by atoms with Crippen molar-refractivity contribution in [3.63, 3.8) is 0 Å². The first kappa shape index (κ1) is 19.6. The third-order valence-electron chi connectivity index (χ3n) is 4.51. The number of rotatable bonds is 4. The smallest absolute Gasteiger partial charge is 0.283 e. The second-order valence-electron chi connectivity index (χ2n) is 6.51. The minimum absolute atomic E-state index is 0.201. The lowest BCUT2D eigenvalue weighted by molar-refractivity contribution is 0.0952. The van der Waals surface area contributed by atoms with E-state index in [0.29, 0.717) is 24.6 Å². The Kier molecular flexibility index (Phi) is 5.47. The summed E-state index contributed by atoms with van der Waals surface area (Å²) in [5, 5.41) is 0. The molecule has 4 rings (SSSR count). The fourth-order valence-corrected chi connectivity index (χ4v) is 3.11. The summed E-state index contributed by atoms with van der Waals surface area (Å²) in [5.41, 5.74) is -1.000. The van der Waals surface area contributed by atoms with Gasteiger partial charge in [-0.25, -0.2) is 23.1 Å². The monoisotopic (exact) mass is 411 g/mol. The van der Waals surface area contributed by atoms with Crippen molar-refractivity contribution < 1.29 is 22.7 Å². The zero-order chi connectivity index (χ0) is 21.1. The Morgan fingerprint density at radius 3 is 2.47 bits per heavy atom. The van der Waals surface area contributed by atoms with Crippen LogP contribution in [-0.4, -0.2) is 22.5 Å². The van der Waals surface area contributed by atoms with E-state index in [9.17, 15) is 18.0 Å². The van der Waals surface area contributed by atoms with E-state index < -0.39 is 34.6 Å². The number of amides is 1. The molecule has 0 bridgehead atoms. The van der Waals surface area contributed by atoms with Crippen LogP contribution >= 0.6 is 0 Å². The highest BCUT2D eigenvalue weighted by Crippen LogP contribution is 2.29. The van der Waals surface area contributed by atoms with Gasteiger partial charge in [0.2, 0.25) is 0 Å². The molecular weight excluding hydrogens is 395 g/mol. The van der Waals surface area contributed by atoms with Crippen molar-refractivity contribution in [2.45, 2.75) is 12.8 Å². The largest absolute Gasteiger partial charge is 0.479 e. The van der Waals surface area contributed by atoms with Crippen molar-refractivity contribution in [1.82, 2.24) is 9.97 Å². The average Bonchev–Trinajstić information content (AvgIpc) is 2.76. The lowest BCUT2D eigenvalue weighted by atomic mass is 10.1. The van der Waals surface area contributed by atoms with E-state index >= 15 is 0 Å². The minimum Gasteiger partial charge on any atom is -0.479 e. The van der Waals surface area contributed by atoms with Crippen LogP contribution in [0, 0.1) is 17.5 Å². The first-order valence-corrected chi connectivity index (χ1v) is 9.24. The molecule has 0 radical (unpaired) electrons.